The van der Waals surface area contributed by atoms with Gasteiger partial charge in [-0.25, -0.2) is 9.59 Å². The highest BCUT2D eigenvalue weighted by Gasteiger charge is 2.17. The molecule has 0 fully saturated rings. The summed E-state index contributed by atoms with van der Waals surface area (Å²) in [6.45, 7) is 1.39. The van der Waals surface area contributed by atoms with E-state index in [1.165, 1.54) is 31.4 Å². The minimum absolute atomic E-state index is 0.0567. The molecule has 0 radical (unpaired) electrons. The third-order valence-electron chi connectivity index (χ3n) is 4.04. The van der Waals surface area contributed by atoms with Gasteiger partial charge in [-0.1, -0.05) is 6.07 Å². The summed E-state index contributed by atoms with van der Waals surface area (Å²) in [5, 5.41) is 11.6. The normalized spacial score (nSPS) is 10.6. The molecule has 0 spiro atoms. The molecular formula is C19H15NO7. The van der Waals surface area contributed by atoms with Crippen LogP contribution in [0.3, 0.4) is 0 Å². The second kappa shape index (κ2) is 7.28. The number of carbonyl (C=O) groups excluding carboxylic acids is 1. The van der Waals surface area contributed by atoms with Crippen molar-refractivity contribution in [3.63, 3.8) is 0 Å². The summed E-state index contributed by atoms with van der Waals surface area (Å²) in [5.74, 6) is -0.209. The Bertz CT molecular complexity index is 1100. The van der Waals surface area contributed by atoms with Crippen molar-refractivity contribution in [3.05, 3.63) is 79.7 Å². The zero-order chi connectivity index (χ0) is 19.6. The van der Waals surface area contributed by atoms with Crippen LogP contribution in [-0.2, 0) is 11.3 Å². The maximum Gasteiger partial charge on any atom is 0.338 e. The topological polar surface area (TPSA) is 109 Å². The van der Waals surface area contributed by atoms with Crippen LogP contribution in [-0.4, -0.2) is 18.0 Å². The molecular weight excluding hydrogens is 354 g/mol. The van der Waals surface area contributed by atoms with Gasteiger partial charge in [-0.15, -0.1) is 0 Å². The van der Waals surface area contributed by atoms with Crippen LogP contribution in [0.5, 0.6) is 5.75 Å². The molecule has 0 bridgehead atoms. The predicted molar refractivity (Wildman–Crippen MR) is 96.0 cm³/mol. The summed E-state index contributed by atoms with van der Waals surface area (Å²) in [5.41, 5.74) is 0.506. The lowest BCUT2D eigenvalue weighted by atomic mass is 10.1. The van der Waals surface area contributed by atoms with Crippen LogP contribution in [0.4, 0.5) is 5.69 Å². The lowest BCUT2D eigenvalue weighted by Gasteiger charge is -2.08. The maximum absolute atomic E-state index is 12.3. The van der Waals surface area contributed by atoms with Crippen molar-refractivity contribution in [1.29, 1.82) is 0 Å². The predicted octanol–water partition coefficient (Wildman–Crippen LogP) is 3.38. The Kier molecular flexibility index (Phi) is 4.89. The second-order valence-electron chi connectivity index (χ2n) is 5.79. The highest BCUT2D eigenvalue weighted by Crippen LogP contribution is 2.24. The highest BCUT2D eigenvalue weighted by atomic mass is 16.6. The molecule has 0 aliphatic carbocycles. The maximum atomic E-state index is 12.3. The number of nitrogens with zero attached hydrogens (tertiary/aromatic N) is 1. The number of rotatable bonds is 5. The van der Waals surface area contributed by atoms with Gasteiger partial charge < -0.3 is 13.9 Å². The molecule has 0 aliphatic rings. The van der Waals surface area contributed by atoms with Crippen molar-refractivity contribution >= 4 is 22.6 Å². The number of ether oxygens (including phenoxy) is 2. The van der Waals surface area contributed by atoms with Gasteiger partial charge in [-0.05, 0) is 25.1 Å². The Hall–Kier alpha value is -3.68. The molecule has 0 saturated heterocycles. The van der Waals surface area contributed by atoms with Gasteiger partial charge in [-0.3, -0.25) is 10.1 Å². The number of fused-ring (bicyclic) bond motifs is 1. The van der Waals surface area contributed by atoms with Crippen LogP contribution in [0.2, 0.25) is 0 Å². The van der Waals surface area contributed by atoms with Crippen LogP contribution in [0.15, 0.2) is 51.7 Å². The fourth-order valence-electron chi connectivity index (χ4n) is 2.62. The van der Waals surface area contributed by atoms with Crippen LogP contribution in [0.1, 0.15) is 21.5 Å². The first-order valence-corrected chi connectivity index (χ1v) is 7.92. The number of nitro groups is 1. The average Bonchev–Trinajstić information content (AvgIpc) is 2.65. The van der Waals surface area contributed by atoms with Gasteiger partial charge in [0.05, 0.1) is 17.6 Å². The van der Waals surface area contributed by atoms with Crippen molar-refractivity contribution in [1.82, 2.24) is 0 Å². The fraction of sp³-hybridized carbons (Fsp3) is 0.158. The second-order valence-corrected chi connectivity index (χ2v) is 5.79. The third kappa shape index (κ3) is 3.79. The lowest BCUT2D eigenvalue weighted by Crippen LogP contribution is -2.08. The summed E-state index contributed by atoms with van der Waals surface area (Å²) in [7, 11) is 1.49. The number of hydrogen-bond acceptors (Lipinski definition) is 7. The monoisotopic (exact) mass is 369 g/mol. The average molecular weight is 369 g/mol. The van der Waals surface area contributed by atoms with Crippen molar-refractivity contribution in [2.45, 2.75) is 13.5 Å². The van der Waals surface area contributed by atoms with E-state index in [4.69, 9.17) is 13.9 Å². The van der Waals surface area contributed by atoms with Crippen LogP contribution in [0.25, 0.3) is 11.0 Å². The summed E-state index contributed by atoms with van der Waals surface area (Å²) < 4.78 is 15.5. The standard InChI is InChI=1S/C19H15NO7/c1-11-3-4-12(7-16(11)20(23)24)19(22)26-10-13-8-18(21)27-17-9-14(25-2)5-6-15(13)17/h3-9H,10H2,1-2H3. The number of benzene rings is 2. The Morgan fingerprint density at radius 3 is 2.67 bits per heavy atom. The first-order chi connectivity index (χ1) is 12.9. The summed E-state index contributed by atoms with van der Waals surface area (Å²) in [6, 6.07) is 10.3. The summed E-state index contributed by atoms with van der Waals surface area (Å²) >= 11 is 0. The zero-order valence-corrected chi connectivity index (χ0v) is 14.6. The molecule has 138 valence electrons. The first-order valence-electron chi connectivity index (χ1n) is 7.92. The van der Waals surface area contributed by atoms with E-state index in [0.29, 0.717) is 27.8 Å². The molecule has 0 aliphatic heterocycles. The van der Waals surface area contributed by atoms with Crippen molar-refractivity contribution in [2.75, 3.05) is 7.11 Å². The number of nitro benzene ring substituents is 1. The number of methoxy groups -OCH3 is 1. The van der Waals surface area contributed by atoms with Crippen molar-refractivity contribution in [2.24, 2.45) is 0 Å². The van der Waals surface area contributed by atoms with Gasteiger partial charge in [0, 0.05) is 34.7 Å². The largest absolute Gasteiger partial charge is 0.497 e. The minimum Gasteiger partial charge on any atom is -0.497 e. The van der Waals surface area contributed by atoms with E-state index in [-0.39, 0.29) is 17.9 Å². The van der Waals surface area contributed by atoms with E-state index in [1.807, 2.05) is 0 Å². The smallest absolute Gasteiger partial charge is 0.338 e. The van der Waals surface area contributed by atoms with Crippen LogP contribution < -0.4 is 10.4 Å². The molecule has 0 saturated carbocycles. The Balaban J connectivity index is 1.86. The van der Waals surface area contributed by atoms with Crippen molar-refractivity contribution in [3.8, 4) is 5.75 Å². The van der Waals surface area contributed by atoms with E-state index in [2.05, 4.69) is 0 Å². The molecule has 8 heteroatoms. The molecule has 8 nitrogen and oxygen atoms in total. The van der Waals surface area contributed by atoms with Gasteiger partial charge in [0.2, 0.25) is 0 Å². The Labute approximate surface area is 153 Å². The van der Waals surface area contributed by atoms with E-state index < -0.39 is 16.5 Å². The molecule has 1 aromatic heterocycles. The summed E-state index contributed by atoms with van der Waals surface area (Å²) in [6.07, 6.45) is 0. The number of hydrogen-bond donors (Lipinski definition) is 0. The molecule has 0 N–H and O–H groups in total. The van der Waals surface area contributed by atoms with Crippen LogP contribution in [0, 0.1) is 17.0 Å². The van der Waals surface area contributed by atoms with Gasteiger partial charge in [0.15, 0.2) is 0 Å². The fourth-order valence-corrected chi connectivity index (χ4v) is 2.62. The van der Waals surface area contributed by atoms with Gasteiger partial charge in [0.1, 0.15) is 17.9 Å². The highest BCUT2D eigenvalue weighted by molar-refractivity contribution is 5.90. The van der Waals surface area contributed by atoms with Gasteiger partial charge in [-0.2, -0.15) is 0 Å². The molecule has 3 aromatic rings. The number of esters is 1. The number of carbonyl (C=O) groups is 1. The van der Waals surface area contributed by atoms with E-state index in [0.717, 1.165) is 0 Å². The summed E-state index contributed by atoms with van der Waals surface area (Å²) in [4.78, 5) is 34.5. The zero-order valence-electron chi connectivity index (χ0n) is 14.6. The lowest BCUT2D eigenvalue weighted by molar-refractivity contribution is -0.385. The van der Waals surface area contributed by atoms with Crippen LogP contribution >= 0.6 is 0 Å². The molecule has 0 amide bonds. The quantitative estimate of drug-likeness (QED) is 0.293. The Morgan fingerprint density at radius 1 is 1.19 bits per heavy atom. The molecule has 0 unspecified atom stereocenters. The Morgan fingerprint density at radius 2 is 1.96 bits per heavy atom. The number of aryl methyl sites for hydroxylation is 1. The first kappa shape index (κ1) is 18.1. The van der Waals surface area contributed by atoms with E-state index in [9.17, 15) is 19.7 Å². The van der Waals surface area contributed by atoms with E-state index >= 15 is 0 Å². The van der Waals surface area contributed by atoms with E-state index in [1.54, 1.807) is 25.1 Å². The SMILES string of the molecule is COc1ccc2c(COC(=O)c3ccc(C)c([N+](=O)[O-])c3)cc(=O)oc2c1. The molecule has 0 atom stereocenters. The van der Waals surface area contributed by atoms with Crippen molar-refractivity contribution < 1.29 is 23.6 Å². The molecule has 27 heavy (non-hydrogen) atoms. The minimum atomic E-state index is -0.729. The van der Waals surface area contributed by atoms with Gasteiger partial charge >= 0.3 is 11.6 Å². The molecule has 2 aromatic carbocycles. The van der Waals surface area contributed by atoms with Gasteiger partial charge in [0.25, 0.3) is 5.69 Å². The third-order valence-corrected chi connectivity index (χ3v) is 4.04. The molecule has 1 heterocycles. The molecule has 3 rings (SSSR count).